The summed E-state index contributed by atoms with van der Waals surface area (Å²) in [6, 6.07) is 13.3. The average Bonchev–Trinajstić information content (AvgIpc) is 3.09. The third kappa shape index (κ3) is 3.73. The molecule has 32 heavy (non-hydrogen) atoms. The van der Waals surface area contributed by atoms with Gasteiger partial charge in [-0.3, -0.25) is 9.36 Å². The van der Waals surface area contributed by atoms with Crippen LogP contribution in [0.4, 0.5) is 0 Å². The molecule has 0 aliphatic carbocycles. The molecule has 0 amide bonds. The highest BCUT2D eigenvalue weighted by molar-refractivity contribution is 7.07. The summed E-state index contributed by atoms with van der Waals surface area (Å²) in [6.07, 6.45) is 1.63. The lowest BCUT2D eigenvalue weighted by Crippen LogP contribution is -2.40. The largest absolute Gasteiger partial charge is 0.507 e. The molecule has 2 heterocycles. The zero-order chi connectivity index (χ0) is 22.8. The number of carbonyl (C=O) groups excluding carboxylic acids is 1. The molecule has 1 aromatic heterocycles. The highest BCUT2D eigenvalue weighted by atomic mass is 32.1. The van der Waals surface area contributed by atoms with Crippen molar-refractivity contribution in [3.63, 3.8) is 0 Å². The molecule has 0 bridgehead atoms. The number of nitrogens with zero attached hydrogens (tertiary/aromatic N) is 2. The summed E-state index contributed by atoms with van der Waals surface area (Å²) in [7, 11) is 1.54. The molecule has 4 rings (SSSR count). The number of allylic oxidation sites excluding steroid dienone is 1. The first-order chi connectivity index (χ1) is 15.5. The number of aromatic hydroxyl groups is 1. The van der Waals surface area contributed by atoms with E-state index < -0.39 is 12.0 Å². The van der Waals surface area contributed by atoms with Crippen LogP contribution in [-0.4, -0.2) is 29.4 Å². The fraction of sp³-hybridized carbons (Fsp3) is 0.208. The Bertz CT molecular complexity index is 1400. The van der Waals surface area contributed by atoms with Gasteiger partial charge in [-0.15, -0.1) is 0 Å². The van der Waals surface area contributed by atoms with Crippen molar-refractivity contribution in [2.24, 2.45) is 4.99 Å². The van der Waals surface area contributed by atoms with Crippen molar-refractivity contribution >= 4 is 23.4 Å². The van der Waals surface area contributed by atoms with E-state index >= 15 is 0 Å². The van der Waals surface area contributed by atoms with Crippen molar-refractivity contribution in [2.45, 2.75) is 19.9 Å². The van der Waals surface area contributed by atoms with E-state index in [1.54, 1.807) is 57.4 Å². The first-order valence-electron chi connectivity index (χ1n) is 10.1. The monoisotopic (exact) mass is 450 g/mol. The summed E-state index contributed by atoms with van der Waals surface area (Å²) in [5.41, 5.74) is 1.63. The maximum Gasteiger partial charge on any atom is 0.338 e. The SMILES string of the molecule is CCOC(=O)C1=C(C)N=c2s/c(=C/c3ccccc3O)c(=O)n2[C@H]1c1ccccc1OC. The van der Waals surface area contributed by atoms with Crippen molar-refractivity contribution < 1.29 is 19.4 Å². The average molecular weight is 451 g/mol. The van der Waals surface area contributed by atoms with E-state index in [0.717, 1.165) is 0 Å². The molecule has 0 spiro atoms. The van der Waals surface area contributed by atoms with Gasteiger partial charge in [-0.1, -0.05) is 47.7 Å². The molecule has 164 valence electrons. The zero-order valence-corrected chi connectivity index (χ0v) is 18.7. The molecule has 2 aromatic carbocycles. The Morgan fingerprint density at radius 2 is 1.94 bits per heavy atom. The standard InChI is InChI=1S/C24H22N2O5S/c1-4-31-23(29)20-14(2)25-24-26(21(20)16-10-6-8-12-18(16)30-3)22(28)19(32-24)13-15-9-5-7-11-17(15)27/h5-13,21,27H,4H2,1-3H3/b19-13+/t21-/m0/s1. The van der Waals surface area contributed by atoms with Gasteiger partial charge in [-0.25, -0.2) is 9.79 Å². The number of ether oxygens (including phenoxy) is 2. The third-order valence-electron chi connectivity index (χ3n) is 5.17. The molecule has 1 atom stereocenters. The number of methoxy groups -OCH3 is 1. The highest BCUT2D eigenvalue weighted by Gasteiger charge is 2.34. The van der Waals surface area contributed by atoms with E-state index in [9.17, 15) is 14.7 Å². The number of para-hydroxylation sites is 2. The number of hydrogen-bond acceptors (Lipinski definition) is 7. The number of phenols is 1. The van der Waals surface area contributed by atoms with Gasteiger partial charge in [0.1, 0.15) is 17.5 Å². The quantitative estimate of drug-likeness (QED) is 0.604. The van der Waals surface area contributed by atoms with Crippen LogP contribution in [0.25, 0.3) is 6.08 Å². The minimum absolute atomic E-state index is 0.0722. The molecule has 0 unspecified atom stereocenters. The Labute approximate surface area is 188 Å². The van der Waals surface area contributed by atoms with Crippen molar-refractivity contribution in [1.29, 1.82) is 0 Å². The van der Waals surface area contributed by atoms with Crippen LogP contribution in [0.2, 0.25) is 0 Å². The van der Waals surface area contributed by atoms with Crippen LogP contribution in [0.3, 0.4) is 0 Å². The normalized spacial score (nSPS) is 15.8. The Balaban J connectivity index is 2.01. The number of esters is 1. The highest BCUT2D eigenvalue weighted by Crippen LogP contribution is 2.35. The van der Waals surface area contributed by atoms with Crippen molar-refractivity contribution in [1.82, 2.24) is 4.57 Å². The van der Waals surface area contributed by atoms with E-state index in [4.69, 9.17) is 9.47 Å². The summed E-state index contributed by atoms with van der Waals surface area (Å²) in [4.78, 5) is 31.5. The van der Waals surface area contributed by atoms with Crippen molar-refractivity contribution in [3.05, 3.63) is 90.6 Å². The van der Waals surface area contributed by atoms with Crippen LogP contribution >= 0.6 is 11.3 Å². The van der Waals surface area contributed by atoms with E-state index in [-0.39, 0.29) is 23.5 Å². The number of rotatable bonds is 5. The summed E-state index contributed by atoms with van der Waals surface area (Å²) in [5, 5.41) is 10.1. The van der Waals surface area contributed by atoms with E-state index in [0.29, 0.717) is 31.9 Å². The second kappa shape index (κ2) is 8.84. The Morgan fingerprint density at radius 3 is 2.66 bits per heavy atom. The molecule has 0 radical (unpaired) electrons. The molecule has 0 saturated carbocycles. The Kier molecular flexibility index (Phi) is 5.96. The Hall–Kier alpha value is -3.65. The smallest absolute Gasteiger partial charge is 0.338 e. The molecular weight excluding hydrogens is 428 g/mol. The second-order valence-corrected chi connectivity index (χ2v) is 8.11. The van der Waals surface area contributed by atoms with Crippen molar-refractivity contribution in [3.8, 4) is 11.5 Å². The first-order valence-corrected chi connectivity index (χ1v) is 10.9. The maximum atomic E-state index is 13.5. The predicted octanol–water partition coefficient (Wildman–Crippen LogP) is 2.51. The molecule has 1 aliphatic heterocycles. The molecule has 1 aliphatic rings. The molecule has 0 saturated heterocycles. The summed E-state index contributed by atoms with van der Waals surface area (Å²) < 4.78 is 12.7. The molecular formula is C24H22N2O5S. The minimum atomic E-state index is -0.757. The van der Waals surface area contributed by atoms with Gasteiger partial charge in [0.25, 0.3) is 5.56 Å². The lowest BCUT2D eigenvalue weighted by atomic mass is 9.95. The number of benzene rings is 2. The lowest BCUT2D eigenvalue weighted by molar-refractivity contribution is -0.139. The second-order valence-electron chi connectivity index (χ2n) is 7.10. The van der Waals surface area contributed by atoms with E-state index in [1.165, 1.54) is 15.9 Å². The molecule has 1 N–H and O–H groups in total. The molecule has 0 fully saturated rings. The van der Waals surface area contributed by atoms with Gasteiger partial charge < -0.3 is 14.6 Å². The van der Waals surface area contributed by atoms with Crippen LogP contribution in [0.5, 0.6) is 11.5 Å². The number of hydrogen-bond donors (Lipinski definition) is 1. The first kappa shape index (κ1) is 21.6. The number of fused-ring (bicyclic) bond motifs is 1. The topological polar surface area (TPSA) is 90.1 Å². The fourth-order valence-corrected chi connectivity index (χ4v) is 4.77. The van der Waals surface area contributed by atoms with Gasteiger partial charge in [0.05, 0.1) is 29.5 Å². The van der Waals surface area contributed by atoms with Gasteiger partial charge in [-0.2, -0.15) is 0 Å². The minimum Gasteiger partial charge on any atom is -0.507 e. The summed E-state index contributed by atoms with van der Waals surface area (Å²) in [5.74, 6) is 0.0897. The maximum absolute atomic E-state index is 13.5. The predicted molar refractivity (Wildman–Crippen MR) is 121 cm³/mol. The number of thiazole rings is 1. The number of aromatic nitrogens is 1. The molecule has 8 heteroatoms. The van der Waals surface area contributed by atoms with Crippen LogP contribution in [0.15, 0.2) is 69.6 Å². The third-order valence-corrected chi connectivity index (χ3v) is 6.16. The van der Waals surface area contributed by atoms with E-state index in [1.807, 2.05) is 18.2 Å². The molecule has 7 nitrogen and oxygen atoms in total. The van der Waals surface area contributed by atoms with Gasteiger partial charge in [-0.05, 0) is 32.1 Å². The van der Waals surface area contributed by atoms with E-state index in [2.05, 4.69) is 4.99 Å². The van der Waals surface area contributed by atoms with Gasteiger partial charge in [0.2, 0.25) is 0 Å². The zero-order valence-electron chi connectivity index (χ0n) is 17.9. The Morgan fingerprint density at radius 1 is 1.22 bits per heavy atom. The molecule has 3 aromatic rings. The van der Waals surface area contributed by atoms with Crippen LogP contribution in [-0.2, 0) is 9.53 Å². The van der Waals surface area contributed by atoms with Crippen LogP contribution in [0, 0.1) is 0 Å². The lowest BCUT2D eigenvalue weighted by Gasteiger charge is -2.25. The van der Waals surface area contributed by atoms with Gasteiger partial charge >= 0.3 is 5.97 Å². The summed E-state index contributed by atoms with van der Waals surface area (Å²) >= 11 is 1.20. The van der Waals surface area contributed by atoms with Gasteiger partial charge in [0, 0.05) is 11.1 Å². The number of carbonyl (C=O) groups is 1. The van der Waals surface area contributed by atoms with Gasteiger partial charge in [0.15, 0.2) is 4.80 Å². The van der Waals surface area contributed by atoms with Crippen LogP contribution in [0.1, 0.15) is 31.0 Å². The summed E-state index contributed by atoms with van der Waals surface area (Å²) in [6.45, 7) is 3.66. The fourth-order valence-electron chi connectivity index (χ4n) is 3.73. The van der Waals surface area contributed by atoms with Crippen molar-refractivity contribution in [2.75, 3.05) is 13.7 Å². The number of phenolic OH excluding ortho intramolecular Hbond substituents is 1. The van der Waals surface area contributed by atoms with Crippen LogP contribution < -0.4 is 19.6 Å².